The number of hydrogen-bond donors (Lipinski definition) is 1. The summed E-state index contributed by atoms with van der Waals surface area (Å²) in [5.41, 5.74) is -0.515. The van der Waals surface area contributed by atoms with E-state index in [2.05, 4.69) is 9.88 Å². The average Bonchev–Trinajstić information content (AvgIpc) is 2.80. The van der Waals surface area contributed by atoms with Gasteiger partial charge in [-0.15, -0.1) is 11.3 Å². The van der Waals surface area contributed by atoms with Gasteiger partial charge in [0.1, 0.15) is 4.83 Å². The van der Waals surface area contributed by atoms with Gasteiger partial charge >= 0.3 is 5.69 Å². The van der Waals surface area contributed by atoms with Crippen molar-refractivity contribution in [3.8, 4) is 0 Å². The molecule has 3 rings (SSSR count). The number of H-pyrrole nitrogens is 1. The number of rotatable bonds is 3. The Kier molecular flexibility index (Phi) is 3.73. The summed E-state index contributed by atoms with van der Waals surface area (Å²) in [5, 5.41) is 0.606. The lowest BCUT2D eigenvalue weighted by atomic mass is 10.3. The minimum absolute atomic E-state index is 0.193. The van der Waals surface area contributed by atoms with E-state index in [-0.39, 0.29) is 11.2 Å². The summed E-state index contributed by atoms with van der Waals surface area (Å²) in [6, 6.07) is 1.84. The molecule has 2 aromatic rings. The molecule has 0 aliphatic carbocycles. The highest BCUT2D eigenvalue weighted by Crippen LogP contribution is 2.18. The van der Waals surface area contributed by atoms with E-state index in [0.29, 0.717) is 36.5 Å². The molecule has 0 unspecified atom stereocenters. The molecule has 1 fully saturated rings. The summed E-state index contributed by atoms with van der Waals surface area (Å²) in [4.78, 5) is 31.0. The molecule has 20 heavy (non-hydrogen) atoms. The van der Waals surface area contributed by atoms with Gasteiger partial charge in [0, 0.05) is 31.1 Å². The Morgan fingerprint density at radius 1 is 1.30 bits per heavy atom. The first-order chi connectivity index (χ1) is 9.65. The van der Waals surface area contributed by atoms with E-state index >= 15 is 0 Å². The fourth-order valence-corrected chi connectivity index (χ4v) is 3.33. The standard InChI is InChI=1S/C13H17N3O3S/c1-9-8-10-11(20-9)14-13(18)16(12(10)17)3-2-15-4-6-19-7-5-15/h8H,2-7H2,1H3,(H,14,18). The maximum absolute atomic E-state index is 12.3. The van der Waals surface area contributed by atoms with Gasteiger partial charge in [-0.25, -0.2) is 4.79 Å². The quantitative estimate of drug-likeness (QED) is 0.889. The van der Waals surface area contributed by atoms with Gasteiger partial charge in [0.25, 0.3) is 5.56 Å². The van der Waals surface area contributed by atoms with Crippen LogP contribution in [0.25, 0.3) is 10.2 Å². The van der Waals surface area contributed by atoms with Crippen LogP contribution in [0.4, 0.5) is 0 Å². The summed E-state index contributed by atoms with van der Waals surface area (Å²) in [5.74, 6) is 0. The van der Waals surface area contributed by atoms with Crippen molar-refractivity contribution in [2.24, 2.45) is 0 Å². The van der Waals surface area contributed by atoms with Gasteiger partial charge in [-0.1, -0.05) is 0 Å². The zero-order chi connectivity index (χ0) is 14.1. The van der Waals surface area contributed by atoms with Crippen molar-refractivity contribution < 1.29 is 4.74 Å². The maximum atomic E-state index is 12.3. The second kappa shape index (κ2) is 5.51. The van der Waals surface area contributed by atoms with Gasteiger partial charge in [0.2, 0.25) is 0 Å². The summed E-state index contributed by atoms with van der Waals surface area (Å²) in [7, 11) is 0. The lowest BCUT2D eigenvalue weighted by Crippen LogP contribution is -2.42. The number of hydrogen-bond acceptors (Lipinski definition) is 5. The van der Waals surface area contributed by atoms with Crippen molar-refractivity contribution in [2.45, 2.75) is 13.5 Å². The van der Waals surface area contributed by atoms with Gasteiger partial charge in [0.05, 0.1) is 18.6 Å². The molecule has 1 saturated heterocycles. The molecule has 0 bridgehead atoms. The van der Waals surface area contributed by atoms with E-state index in [1.807, 2.05) is 13.0 Å². The topological polar surface area (TPSA) is 67.3 Å². The third kappa shape index (κ3) is 2.56. The monoisotopic (exact) mass is 295 g/mol. The average molecular weight is 295 g/mol. The Morgan fingerprint density at radius 2 is 2.05 bits per heavy atom. The first kappa shape index (κ1) is 13.5. The Labute approximate surface area is 119 Å². The Morgan fingerprint density at radius 3 is 2.80 bits per heavy atom. The predicted octanol–water partition coefficient (Wildman–Crippen LogP) is 0.392. The van der Waals surface area contributed by atoms with Crippen LogP contribution in [-0.4, -0.2) is 47.3 Å². The smallest absolute Gasteiger partial charge is 0.329 e. The van der Waals surface area contributed by atoms with E-state index in [4.69, 9.17) is 4.74 Å². The molecule has 7 heteroatoms. The highest BCUT2D eigenvalue weighted by atomic mass is 32.1. The zero-order valence-corrected chi connectivity index (χ0v) is 12.2. The van der Waals surface area contributed by atoms with E-state index in [0.717, 1.165) is 18.0 Å². The Hall–Kier alpha value is -1.44. The third-order valence-electron chi connectivity index (χ3n) is 3.54. The zero-order valence-electron chi connectivity index (χ0n) is 11.3. The van der Waals surface area contributed by atoms with E-state index in [9.17, 15) is 9.59 Å². The lowest BCUT2D eigenvalue weighted by Gasteiger charge is -2.26. The molecule has 6 nitrogen and oxygen atoms in total. The molecule has 0 aromatic carbocycles. The van der Waals surface area contributed by atoms with Crippen LogP contribution < -0.4 is 11.2 Å². The van der Waals surface area contributed by atoms with E-state index < -0.39 is 0 Å². The van der Waals surface area contributed by atoms with Crippen molar-refractivity contribution in [1.82, 2.24) is 14.5 Å². The number of thiophene rings is 1. The number of aryl methyl sites for hydroxylation is 1. The summed E-state index contributed by atoms with van der Waals surface area (Å²) in [6.07, 6.45) is 0. The lowest BCUT2D eigenvalue weighted by molar-refractivity contribution is 0.0361. The molecule has 0 radical (unpaired) electrons. The fourth-order valence-electron chi connectivity index (χ4n) is 2.44. The largest absolute Gasteiger partial charge is 0.379 e. The van der Waals surface area contributed by atoms with Crippen LogP contribution in [0.15, 0.2) is 15.7 Å². The van der Waals surface area contributed by atoms with Crippen molar-refractivity contribution in [1.29, 1.82) is 0 Å². The summed E-state index contributed by atoms with van der Waals surface area (Å²) < 4.78 is 6.58. The number of morpholine rings is 1. The van der Waals surface area contributed by atoms with Crippen LogP contribution >= 0.6 is 11.3 Å². The van der Waals surface area contributed by atoms with Crippen molar-refractivity contribution in [3.63, 3.8) is 0 Å². The normalized spacial score (nSPS) is 16.9. The van der Waals surface area contributed by atoms with Crippen molar-refractivity contribution in [3.05, 3.63) is 31.8 Å². The highest BCUT2D eigenvalue weighted by molar-refractivity contribution is 7.18. The molecule has 3 heterocycles. The number of fused-ring (bicyclic) bond motifs is 1. The minimum Gasteiger partial charge on any atom is -0.379 e. The van der Waals surface area contributed by atoms with Gasteiger partial charge in [-0.05, 0) is 13.0 Å². The summed E-state index contributed by atoms with van der Waals surface area (Å²) in [6.45, 7) is 6.18. The molecule has 0 saturated carbocycles. The number of ether oxygens (including phenoxy) is 1. The summed E-state index contributed by atoms with van der Waals surface area (Å²) >= 11 is 1.44. The SMILES string of the molecule is Cc1cc2c(=O)n(CCN3CCOCC3)c(=O)[nH]c2s1. The van der Waals surface area contributed by atoms with E-state index in [1.54, 1.807) is 0 Å². The minimum atomic E-state index is -0.322. The Bertz CT molecular complexity index is 725. The molecule has 1 aliphatic rings. The van der Waals surface area contributed by atoms with Gasteiger partial charge in [0.15, 0.2) is 0 Å². The molecule has 108 valence electrons. The molecule has 0 spiro atoms. The predicted molar refractivity (Wildman–Crippen MR) is 78.7 cm³/mol. The number of aromatic amines is 1. The molecule has 0 amide bonds. The number of aromatic nitrogens is 2. The number of nitrogens with zero attached hydrogens (tertiary/aromatic N) is 2. The van der Waals surface area contributed by atoms with Crippen LogP contribution in [-0.2, 0) is 11.3 Å². The van der Waals surface area contributed by atoms with Crippen LogP contribution in [0.5, 0.6) is 0 Å². The van der Waals surface area contributed by atoms with Gasteiger partial charge in [-0.2, -0.15) is 0 Å². The molecule has 0 atom stereocenters. The van der Waals surface area contributed by atoms with E-state index in [1.165, 1.54) is 15.9 Å². The molecule has 2 aromatic heterocycles. The molecular formula is C13H17N3O3S. The van der Waals surface area contributed by atoms with Crippen LogP contribution in [0.1, 0.15) is 4.88 Å². The maximum Gasteiger partial charge on any atom is 0.329 e. The second-order valence-electron chi connectivity index (χ2n) is 4.94. The third-order valence-corrected chi connectivity index (χ3v) is 4.51. The number of nitrogens with one attached hydrogen (secondary N) is 1. The van der Waals surface area contributed by atoms with Crippen molar-refractivity contribution >= 4 is 21.6 Å². The second-order valence-corrected chi connectivity index (χ2v) is 6.20. The van der Waals surface area contributed by atoms with Gasteiger partial charge in [-0.3, -0.25) is 19.2 Å². The van der Waals surface area contributed by atoms with Crippen LogP contribution in [0.3, 0.4) is 0 Å². The molecular weight excluding hydrogens is 278 g/mol. The van der Waals surface area contributed by atoms with Crippen LogP contribution in [0, 0.1) is 6.92 Å². The Balaban J connectivity index is 1.87. The van der Waals surface area contributed by atoms with Crippen LogP contribution in [0.2, 0.25) is 0 Å². The first-order valence-electron chi connectivity index (χ1n) is 6.68. The van der Waals surface area contributed by atoms with Crippen molar-refractivity contribution in [2.75, 3.05) is 32.8 Å². The molecule has 1 N–H and O–H groups in total. The highest BCUT2D eigenvalue weighted by Gasteiger charge is 2.13. The van der Waals surface area contributed by atoms with Gasteiger partial charge < -0.3 is 4.74 Å². The fraction of sp³-hybridized carbons (Fsp3) is 0.538. The molecule has 1 aliphatic heterocycles. The first-order valence-corrected chi connectivity index (χ1v) is 7.50.